The number of rotatable bonds is 3. The van der Waals surface area contributed by atoms with Gasteiger partial charge in [-0.25, -0.2) is 17.2 Å². The van der Waals surface area contributed by atoms with E-state index in [1.54, 1.807) is 0 Å². The summed E-state index contributed by atoms with van der Waals surface area (Å²) in [5, 5.41) is 8.81. The Kier molecular flexibility index (Phi) is 3.55. The van der Waals surface area contributed by atoms with Crippen molar-refractivity contribution >= 4 is 16.0 Å². The van der Waals surface area contributed by atoms with Gasteiger partial charge in [-0.1, -0.05) is 6.07 Å². The average Bonchev–Trinajstić information content (AvgIpc) is 2.78. The molecule has 0 spiro atoms. The Bertz CT molecular complexity index is 597. The van der Waals surface area contributed by atoms with Crippen LogP contribution in [0.4, 0.5) is 8.78 Å². The molecule has 1 atom stereocenters. The number of nitrogens with zero attached hydrogens (tertiary/aromatic N) is 1. The van der Waals surface area contributed by atoms with E-state index < -0.39 is 38.4 Å². The second-order valence-electron chi connectivity index (χ2n) is 4.24. The number of sulfonamides is 1. The Labute approximate surface area is 108 Å². The van der Waals surface area contributed by atoms with Crippen molar-refractivity contribution in [3.63, 3.8) is 0 Å². The zero-order valence-electron chi connectivity index (χ0n) is 9.71. The Morgan fingerprint density at radius 3 is 2.37 bits per heavy atom. The van der Waals surface area contributed by atoms with Crippen LogP contribution in [0.25, 0.3) is 0 Å². The number of aliphatic carboxylic acids is 1. The number of carboxylic acids is 1. The van der Waals surface area contributed by atoms with E-state index in [2.05, 4.69) is 0 Å². The van der Waals surface area contributed by atoms with Crippen molar-refractivity contribution in [1.82, 2.24) is 4.31 Å². The molecule has 0 amide bonds. The van der Waals surface area contributed by atoms with Crippen molar-refractivity contribution in [2.75, 3.05) is 13.1 Å². The van der Waals surface area contributed by atoms with Crippen molar-refractivity contribution < 1.29 is 27.1 Å². The van der Waals surface area contributed by atoms with Gasteiger partial charge in [-0.3, -0.25) is 4.79 Å². The molecule has 1 N–H and O–H groups in total. The van der Waals surface area contributed by atoms with Crippen LogP contribution in [0.3, 0.4) is 0 Å². The summed E-state index contributed by atoms with van der Waals surface area (Å²) in [5.41, 5.74) is 0. The number of halogens is 2. The van der Waals surface area contributed by atoms with Crippen LogP contribution in [0.15, 0.2) is 23.1 Å². The molecule has 1 aliphatic rings. The fraction of sp³-hybridized carbons (Fsp3) is 0.364. The van der Waals surface area contributed by atoms with Crippen LogP contribution in [0.2, 0.25) is 0 Å². The predicted octanol–water partition coefficient (Wildman–Crippen LogP) is 1.06. The quantitative estimate of drug-likeness (QED) is 0.903. The molecule has 0 aliphatic carbocycles. The predicted molar refractivity (Wildman–Crippen MR) is 60.9 cm³/mol. The minimum Gasteiger partial charge on any atom is -0.481 e. The summed E-state index contributed by atoms with van der Waals surface area (Å²) >= 11 is 0. The van der Waals surface area contributed by atoms with Gasteiger partial charge in [-0.05, 0) is 18.6 Å². The molecule has 1 saturated heterocycles. The summed E-state index contributed by atoms with van der Waals surface area (Å²) in [7, 11) is -4.35. The van der Waals surface area contributed by atoms with Crippen LogP contribution in [0, 0.1) is 17.6 Å². The monoisotopic (exact) mass is 291 g/mol. The van der Waals surface area contributed by atoms with Crippen LogP contribution in [-0.2, 0) is 14.8 Å². The lowest BCUT2D eigenvalue weighted by Crippen LogP contribution is -2.31. The first-order valence-electron chi connectivity index (χ1n) is 5.51. The van der Waals surface area contributed by atoms with Crippen LogP contribution >= 0.6 is 0 Å². The number of benzene rings is 1. The van der Waals surface area contributed by atoms with E-state index in [0.717, 1.165) is 22.5 Å². The molecule has 8 heteroatoms. The van der Waals surface area contributed by atoms with Gasteiger partial charge < -0.3 is 5.11 Å². The Balaban J connectivity index is 2.37. The van der Waals surface area contributed by atoms with Crippen molar-refractivity contribution in [2.45, 2.75) is 11.3 Å². The van der Waals surface area contributed by atoms with E-state index in [1.165, 1.54) is 0 Å². The van der Waals surface area contributed by atoms with Gasteiger partial charge in [0.05, 0.1) is 5.92 Å². The van der Waals surface area contributed by atoms with Crippen molar-refractivity contribution in [3.8, 4) is 0 Å². The SMILES string of the molecule is O=C(O)C1CCN(S(=O)(=O)c2c(F)cccc2F)C1. The van der Waals surface area contributed by atoms with Gasteiger partial charge in [0.2, 0.25) is 10.0 Å². The van der Waals surface area contributed by atoms with Gasteiger partial charge in [0.1, 0.15) is 11.6 Å². The van der Waals surface area contributed by atoms with E-state index in [9.17, 15) is 22.0 Å². The lowest BCUT2D eigenvalue weighted by molar-refractivity contribution is -0.141. The van der Waals surface area contributed by atoms with Gasteiger partial charge in [0, 0.05) is 13.1 Å². The summed E-state index contributed by atoms with van der Waals surface area (Å²) in [6.07, 6.45) is 0.130. The van der Waals surface area contributed by atoms with Gasteiger partial charge >= 0.3 is 5.97 Å². The average molecular weight is 291 g/mol. The van der Waals surface area contributed by atoms with Crippen molar-refractivity contribution in [2.24, 2.45) is 5.92 Å². The van der Waals surface area contributed by atoms with Crippen LogP contribution in [-0.4, -0.2) is 36.9 Å². The van der Waals surface area contributed by atoms with E-state index in [-0.39, 0.29) is 19.5 Å². The molecule has 0 bridgehead atoms. The molecule has 5 nitrogen and oxygen atoms in total. The first kappa shape index (κ1) is 13.9. The lowest BCUT2D eigenvalue weighted by Gasteiger charge is -2.16. The summed E-state index contributed by atoms with van der Waals surface area (Å²) in [4.78, 5) is 9.75. The normalized spacial score (nSPS) is 20.6. The van der Waals surface area contributed by atoms with E-state index in [4.69, 9.17) is 5.11 Å². The Hall–Kier alpha value is -1.54. The maximum absolute atomic E-state index is 13.5. The van der Waals surface area contributed by atoms with E-state index in [0.29, 0.717) is 0 Å². The molecule has 0 aromatic heterocycles. The number of hydrogen-bond acceptors (Lipinski definition) is 3. The van der Waals surface area contributed by atoms with Gasteiger partial charge in [-0.15, -0.1) is 0 Å². The zero-order chi connectivity index (χ0) is 14.2. The summed E-state index contributed by atoms with van der Waals surface area (Å²) < 4.78 is 52.0. The fourth-order valence-corrected chi connectivity index (χ4v) is 3.62. The third kappa shape index (κ3) is 2.45. The second kappa shape index (κ2) is 4.86. The van der Waals surface area contributed by atoms with Crippen LogP contribution < -0.4 is 0 Å². The summed E-state index contributed by atoms with van der Waals surface area (Å²) in [6, 6.07) is 2.76. The molecular formula is C11H11F2NO4S. The van der Waals surface area contributed by atoms with Crippen molar-refractivity contribution in [3.05, 3.63) is 29.8 Å². The molecule has 19 heavy (non-hydrogen) atoms. The molecule has 2 rings (SSSR count). The molecule has 1 heterocycles. The van der Waals surface area contributed by atoms with Crippen LogP contribution in [0.1, 0.15) is 6.42 Å². The first-order chi connectivity index (χ1) is 8.84. The third-order valence-corrected chi connectivity index (χ3v) is 4.93. The zero-order valence-corrected chi connectivity index (χ0v) is 10.5. The molecule has 104 valence electrons. The highest BCUT2D eigenvalue weighted by molar-refractivity contribution is 7.89. The maximum Gasteiger partial charge on any atom is 0.307 e. The van der Waals surface area contributed by atoms with Gasteiger partial charge in [0.25, 0.3) is 0 Å². The molecular weight excluding hydrogens is 280 g/mol. The number of hydrogen-bond donors (Lipinski definition) is 1. The number of carboxylic acid groups (broad SMARTS) is 1. The van der Waals surface area contributed by atoms with Crippen LogP contribution in [0.5, 0.6) is 0 Å². The van der Waals surface area contributed by atoms with E-state index in [1.807, 2.05) is 0 Å². The Morgan fingerprint density at radius 1 is 1.32 bits per heavy atom. The highest BCUT2D eigenvalue weighted by Crippen LogP contribution is 2.27. The lowest BCUT2D eigenvalue weighted by atomic mass is 10.1. The van der Waals surface area contributed by atoms with Gasteiger partial charge in [-0.2, -0.15) is 4.31 Å². The summed E-state index contributed by atoms with van der Waals surface area (Å²) in [5.74, 6) is -4.33. The van der Waals surface area contributed by atoms with E-state index >= 15 is 0 Å². The molecule has 1 fully saturated rings. The fourth-order valence-electron chi connectivity index (χ4n) is 2.01. The highest BCUT2D eigenvalue weighted by Gasteiger charge is 2.38. The molecule has 0 saturated carbocycles. The summed E-state index contributed by atoms with van der Waals surface area (Å²) in [6.45, 7) is -0.335. The maximum atomic E-state index is 13.5. The standard InChI is InChI=1S/C11H11F2NO4S/c12-8-2-1-3-9(13)10(8)19(17,18)14-5-4-7(6-14)11(15)16/h1-3,7H,4-6H2,(H,15,16). The van der Waals surface area contributed by atoms with Crippen molar-refractivity contribution in [1.29, 1.82) is 0 Å². The number of carbonyl (C=O) groups is 1. The molecule has 1 aromatic carbocycles. The smallest absolute Gasteiger partial charge is 0.307 e. The third-order valence-electron chi connectivity index (χ3n) is 3.02. The highest BCUT2D eigenvalue weighted by atomic mass is 32.2. The molecule has 1 unspecified atom stereocenters. The molecule has 0 radical (unpaired) electrons. The largest absolute Gasteiger partial charge is 0.481 e. The molecule has 1 aromatic rings. The molecule has 1 aliphatic heterocycles. The topological polar surface area (TPSA) is 74.7 Å². The second-order valence-corrected chi connectivity index (χ2v) is 6.11. The van der Waals surface area contributed by atoms with Gasteiger partial charge in [0.15, 0.2) is 4.90 Å². The Morgan fingerprint density at radius 2 is 1.89 bits per heavy atom. The minimum atomic E-state index is -4.35. The minimum absolute atomic E-state index is 0.0624. The first-order valence-corrected chi connectivity index (χ1v) is 6.95.